The predicted molar refractivity (Wildman–Crippen MR) is 63.3 cm³/mol. The van der Waals surface area contributed by atoms with Gasteiger partial charge in [-0.3, -0.25) is 9.59 Å². The average molecular weight is 246 g/mol. The molecule has 6 heteroatoms. The van der Waals surface area contributed by atoms with Crippen molar-refractivity contribution in [2.75, 3.05) is 26.9 Å². The van der Waals surface area contributed by atoms with Crippen molar-refractivity contribution >= 4 is 11.8 Å². The van der Waals surface area contributed by atoms with Gasteiger partial charge in [-0.05, 0) is 5.92 Å². The molecule has 0 unspecified atom stereocenters. The fourth-order valence-corrected chi connectivity index (χ4v) is 1.25. The van der Waals surface area contributed by atoms with Gasteiger partial charge < -0.3 is 20.5 Å². The molecule has 0 saturated carbocycles. The number of ether oxygens (including phenoxy) is 2. The SMILES string of the molecule is CC[C@@H](C)[C@H](NC(=O)COCCOC)C(N)=O. The first kappa shape index (κ1) is 15.9. The molecule has 0 fully saturated rings. The third kappa shape index (κ3) is 6.91. The summed E-state index contributed by atoms with van der Waals surface area (Å²) in [6.07, 6.45) is 0.762. The smallest absolute Gasteiger partial charge is 0.246 e. The molecule has 0 aliphatic heterocycles. The molecule has 2 amide bonds. The van der Waals surface area contributed by atoms with E-state index in [1.807, 2.05) is 13.8 Å². The van der Waals surface area contributed by atoms with Gasteiger partial charge in [0.2, 0.25) is 11.8 Å². The first-order valence-corrected chi connectivity index (χ1v) is 5.68. The summed E-state index contributed by atoms with van der Waals surface area (Å²) in [5.41, 5.74) is 5.22. The van der Waals surface area contributed by atoms with Crippen LogP contribution in [0.1, 0.15) is 20.3 Å². The van der Waals surface area contributed by atoms with Gasteiger partial charge in [-0.1, -0.05) is 20.3 Å². The lowest BCUT2D eigenvalue weighted by atomic mass is 9.99. The maximum Gasteiger partial charge on any atom is 0.246 e. The number of nitrogens with one attached hydrogen (secondary N) is 1. The second-order valence-corrected chi connectivity index (χ2v) is 3.88. The Morgan fingerprint density at radius 1 is 1.35 bits per heavy atom. The van der Waals surface area contributed by atoms with Crippen molar-refractivity contribution in [1.29, 1.82) is 0 Å². The topological polar surface area (TPSA) is 90.7 Å². The minimum atomic E-state index is -0.640. The van der Waals surface area contributed by atoms with Gasteiger partial charge in [0.25, 0.3) is 0 Å². The van der Waals surface area contributed by atoms with Crippen LogP contribution in [0.4, 0.5) is 0 Å². The number of rotatable bonds is 9. The molecule has 3 N–H and O–H groups in total. The lowest BCUT2D eigenvalue weighted by Crippen LogP contribution is -2.49. The summed E-state index contributed by atoms with van der Waals surface area (Å²) >= 11 is 0. The van der Waals surface area contributed by atoms with Gasteiger partial charge in [0, 0.05) is 7.11 Å². The zero-order valence-corrected chi connectivity index (χ0v) is 10.7. The molecule has 2 atom stereocenters. The number of hydrogen-bond acceptors (Lipinski definition) is 4. The van der Waals surface area contributed by atoms with E-state index in [0.717, 1.165) is 6.42 Å². The fraction of sp³-hybridized carbons (Fsp3) is 0.818. The van der Waals surface area contributed by atoms with Crippen LogP contribution in [-0.4, -0.2) is 44.8 Å². The Morgan fingerprint density at radius 2 is 2.00 bits per heavy atom. The number of primary amides is 1. The van der Waals surface area contributed by atoms with Gasteiger partial charge in [-0.2, -0.15) is 0 Å². The quantitative estimate of drug-likeness (QED) is 0.545. The number of hydrogen-bond donors (Lipinski definition) is 2. The molecular weight excluding hydrogens is 224 g/mol. The third-order valence-corrected chi connectivity index (χ3v) is 2.50. The molecule has 100 valence electrons. The largest absolute Gasteiger partial charge is 0.382 e. The van der Waals surface area contributed by atoms with Gasteiger partial charge in [0.15, 0.2) is 0 Å². The Hall–Kier alpha value is -1.14. The molecule has 0 aliphatic rings. The highest BCUT2D eigenvalue weighted by Crippen LogP contribution is 2.06. The summed E-state index contributed by atoms with van der Waals surface area (Å²) in [6, 6.07) is -0.640. The molecule has 0 saturated heterocycles. The molecule has 0 heterocycles. The molecule has 6 nitrogen and oxygen atoms in total. The number of nitrogens with two attached hydrogens (primary N) is 1. The van der Waals surface area contributed by atoms with Crippen molar-refractivity contribution in [3.63, 3.8) is 0 Å². The Labute approximate surface area is 102 Å². The van der Waals surface area contributed by atoms with E-state index < -0.39 is 11.9 Å². The second-order valence-electron chi connectivity index (χ2n) is 3.88. The van der Waals surface area contributed by atoms with Crippen molar-refractivity contribution in [3.8, 4) is 0 Å². The van der Waals surface area contributed by atoms with Crippen LogP contribution in [0.15, 0.2) is 0 Å². The van der Waals surface area contributed by atoms with Crippen LogP contribution in [0, 0.1) is 5.92 Å². The van der Waals surface area contributed by atoms with E-state index in [1.165, 1.54) is 0 Å². The van der Waals surface area contributed by atoms with Crippen LogP contribution in [0.2, 0.25) is 0 Å². The third-order valence-electron chi connectivity index (χ3n) is 2.50. The van der Waals surface area contributed by atoms with Crippen LogP contribution >= 0.6 is 0 Å². The van der Waals surface area contributed by atoms with Crippen LogP contribution in [0.25, 0.3) is 0 Å². The van der Waals surface area contributed by atoms with Crippen molar-refractivity contribution in [1.82, 2.24) is 5.32 Å². The van der Waals surface area contributed by atoms with Gasteiger partial charge in [-0.25, -0.2) is 0 Å². The maximum absolute atomic E-state index is 11.5. The van der Waals surface area contributed by atoms with Gasteiger partial charge in [0.1, 0.15) is 12.6 Å². The minimum absolute atomic E-state index is 0.00965. The standard InChI is InChI=1S/C11H22N2O4/c1-4-8(2)10(11(12)15)13-9(14)7-17-6-5-16-3/h8,10H,4-7H2,1-3H3,(H2,12,15)(H,13,14)/t8-,10+/m1/s1. The molecule has 0 rings (SSSR count). The number of amides is 2. The Morgan fingerprint density at radius 3 is 2.47 bits per heavy atom. The molecule has 0 aliphatic carbocycles. The van der Waals surface area contributed by atoms with Gasteiger partial charge in [-0.15, -0.1) is 0 Å². The zero-order valence-electron chi connectivity index (χ0n) is 10.7. The van der Waals surface area contributed by atoms with E-state index in [2.05, 4.69) is 5.32 Å². The van der Waals surface area contributed by atoms with Gasteiger partial charge >= 0.3 is 0 Å². The highest BCUT2D eigenvalue weighted by molar-refractivity contribution is 5.87. The molecule has 0 radical (unpaired) electrons. The molecule has 0 aromatic carbocycles. The number of carbonyl (C=O) groups is 2. The monoisotopic (exact) mass is 246 g/mol. The Bertz CT molecular complexity index is 246. The molecule has 0 aromatic heterocycles. The van der Waals surface area contributed by atoms with E-state index in [0.29, 0.717) is 13.2 Å². The van der Waals surface area contributed by atoms with Crippen molar-refractivity contribution in [2.24, 2.45) is 11.7 Å². The average Bonchev–Trinajstić information content (AvgIpc) is 2.30. The molecular formula is C11H22N2O4. The van der Waals surface area contributed by atoms with Gasteiger partial charge in [0.05, 0.1) is 13.2 Å². The predicted octanol–water partition coefficient (Wildman–Crippen LogP) is -0.334. The molecule has 0 bridgehead atoms. The van der Waals surface area contributed by atoms with E-state index >= 15 is 0 Å². The minimum Gasteiger partial charge on any atom is -0.382 e. The van der Waals surface area contributed by atoms with E-state index in [4.69, 9.17) is 15.2 Å². The second kappa shape index (κ2) is 8.95. The fourth-order valence-electron chi connectivity index (χ4n) is 1.25. The Kier molecular flexibility index (Phi) is 8.35. The van der Waals surface area contributed by atoms with Crippen LogP contribution < -0.4 is 11.1 Å². The van der Waals surface area contributed by atoms with Crippen molar-refractivity contribution in [3.05, 3.63) is 0 Å². The first-order valence-electron chi connectivity index (χ1n) is 5.68. The highest BCUT2D eigenvalue weighted by Gasteiger charge is 2.23. The highest BCUT2D eigenvalue weighted by atomic mass is 16.5. The summed E-state index contributed by atoms with van der Waals surface area (Å²) < 4.78 is 9.81. The number of carbonyl (C=O) groups excluding carboxylic acids is 2. The summed E-state index contributed by atoms with van der Waals surface area (Å²) in [5, 5.41) is 2.56. The molecule has 0 aromatic rings. The molecule has 0 spiro atoms. The van der Waals surface area contributed by atoms with Crippen LogP contribution in [-0.2, 0) is 19.1 Å². The van der Waals surface area contributed by atoms with Crippen LogP contribution in [0.5, 0.6) is 0 Å². The van der Waals surface area contributed by atoms with Crippen molar-refractivity contribution in [2.45, 2.75) is 26.3 Å². The summed E-state index contributed by atoms with van der Waals surface area (Å²) in [7, 11) is 1.55. The Balaban J connectivity index is 4.00. The summed E-state index contributed by atoms with van der Waals surface area (Å²) in [5.74, 6) is -0.856. The van der Waals surface area contributed by atoms with Crippen molar-refractivity contribution < 1.29 is 19.1 Å². The summed E-state index contributed by atoms with van der Waals surface area (Å²) in [4.78, 5) is 22.6. The molecule has 17 heavy (non-hydrogen) atoms. The van der Waals surface area contributed by atoms with E-state index in [1.54, 1.807) is 7.11 Å². The summed E-state index contributed by atoms with van der Waals surface area (Å²) in [6.45, 7) is 4.47. The maximum atomic E-state index is 11.5. The zero-order chi connectivity index (χ0) is 13.3. The lowest BCUT2D eigenvalue weighted by molar-refractivity contribution is -0.131. The van der Waals surface area contributed by atoms with E-state index in [-0.39, 0.29) is 18.4 Å². The van der Waals surface area contributed by atoms with Crippen LogP contribution in [0.3, 0.4) is 0 Å². The van der Waals surface area contributed by atoms with E-state index in [9.17, 15) is 9.59 Å². The lowest BCUT2D eigenvalue weighted by Gasteiger charge is -2.20. The first-order chi connectivity index (χ1) is 8.02. The normalized spacial score (nSPS) is 14.1. The number of methoxy groups -OCH3 is 1.